The predicted octanol–water partition coefficient (Wildman–Crippen LogP) is 3.13. The quantitative estimate of drug-likeness (QED) is 0.823. The molecule has 1 atom stereocenters. The highest BCUT2D eigenvalue weighted by molar-refractivity contribution is 5.83. The number of benzene rings is 2. The Morgan fingerprint density at radius 2 is 1.61 bits per heavy atom. The lowest BCUT2D eigenvalue weighted by molar-refractivity contribution is -0.134. The highest BCUT2D eigenvalue weighted by atomic mass is 16.2. The van der Waals surface area contributed by atoms with E-state index in [-0.39, 0.29) is 11.9 Å². The van der Waals surface area contributed by atoms with Gasteiger partial charge in [-0.05, 0) is 42.7 Å². The summed E-state index contributed by atoms with van der Waals surface area (Å²) >= 11 is 0. The summed E-state index contributed by atoms with van der Waals surface area (Å²) in [5.74, 6) is 0.115. The average molecular weight is 377 g/mol. The van der Waals surface area contributed by atoms with Crippen molar-refractivity contribution < 1.29 is 4.79 Å². The van der Waals surface area contributed by atoms with E-state index in [0.29, 0.717) is 0 Å². The van der Waals surface area contributed by atoms with Gasteiger partial charge in [0.15, 0.2) is 0 Å². The summed E-state index contributed by atoms with van der Waals surface area (Å²) < 4.78 is 0. The van der Waals surface area contributed by atoms with Gasteiger partial charge < -0.3 is 9.80 Å². The lowest BCUT2D eigenvalue weighted by atomic mass is 10.0. The topological polar surface area (TPSA) is 50.6 Å². The maximum absolute atomic E-state index is 12.9. The summed E-state index contributed by atoms with van der Waals surface area (Å²) in [6, 6.07) is 16.3. The molecule has 2 aromatic carbocycles. The van der Waals surface area contributed by atoms with Crippen LogP contribution < -0.4 is 4.90 Å². The molecule has 1 aliphatic heterocycles. The van der Waals surface area contributed by atoms with Crippen LogP contribution in [0.15, 0.2) is 42.5 Å². The van der Waals surface area contributed by atoms with Crippen molar-refractivity contribution in [3.63, 3.8) is 0 Å². The second-order valence-electron chi connectivity index (χ2n) is 7.64. The molecule has 1 heterocycles. The summed E-state index contributed by atoms with van der Waals surface area (Å²) in [5.41, 5.74) is 5.00. The fraction of sp³-hybridized carbons (Fsp3) is 0.391. The molecule has 0 aliphatic carbocycles. The number of aryl methyl sites for hydroxylation is 2. The molecule has 3 rings (SSSR count). The van der Waals surface area contributed by atoms with Gasteiger partial charge in [0.1, 0.15) is 6.04 Å². The summed E-state index contributed by atoms with van der Waals surface area (Å²) in [6.45, 7) is 7.33. The van der Waals surface area contributed by atoms with Gasteiger partial charge in [-0.15, -0.1) is 0 Å². The van der Waals surface area contributed by atoms with Gasteiger partial charge in [0.25, 0.3) is 0 Å². The Hall–Kier alpha value is -2.84. The molecular formula is C23H28N4O. The number of hydrogen-bond acceptors (Lipinski definition) is 4. The Labute approximate surface area is 167 Å². The van der Waals surface area contributed by atoms with Gasteiger partial charge in [-0.25, -0.2) is 0 Å². The number of likely N-dealkylation sites (N-methyl/N-ethyl adjacent to an activating group) is 1. The molecule has 0 radical (unpaired) electrons. The van der Waals surface area contributed by atoms with E-state index >= 15 is 0 Å². The van der Waals surface area contributed by atoms with E-state index in [1.54, 1.807) is 4.90 Å². The van der Waals surface area contributed by atoms with Crippen LogP contribution in [0.1, 0.15) is 28.3 Å². The minimum Gasteiger partial charge on any atom is -0.369 e. The molecule has 1 aliphatic rings. The first-order valence-electron chi connectivity index (χ1n) is 9.69. The first-order valence-corrected chi connectivity index (χ1v) is 9.69. The van der Waals surface area contributed by atoms with Crippen LogP contribution in [-0.4, -0.2) is 56.0 Å². The molecule has 0 saturated carbocycles. The number of piperazine rings is 1. The molecule has 0 spiro atoms. The van der Waals surface area contributed by atoms with E-state index in [1.807, 2.05) is 58.3 Å². The molecule has 2 aromatic rings. The van der Waals surface area contributed by atoms with Crippen LogP contribution in [-0.2, 0) is 4.79 Å². The maximum atomic E-state index is 12.9. The van der Waals surface area contributed by atoms with Gasteiger partial charge in [0.05, 0.1) is 11.6 Å². The van der Waals surface area contributed by atoms with E-state index in [1.165, 1.54) is 0 Å². The molecule has 146 valence electrons. The third-order valence-electron chi connectivity index (χ3n) is 5.46. The number of rotatable bonds is 4. The minimum absolute atomic E-state index is 0.115. The SMILES string of the molecule is Cc1cc(N2CCN(C(C(=O)N(C)C)c3ccccc3)CC2)cc(C)c1C#N. The summed E-state index contributed by atoms with van der Waals surface area (Å²) in [4.78, 5) is 19.2. The fourth-order valence-corrected chi connectivity index (χ4v) is 3.93. The number of nitriles is 1. The highest BCUT2D eigenvalue weighted by Crippen LogP contribution is 2.27. The smallest absolute Gasteiger partial charge is 0.244 e. The van der Waals surface area contributed by atoms with E-state index in [9.17, 15) is 10.1 Å². The third kappa shape index (κ3) is 4.02. The van der Waals surface area contributed by atoms with Crippen LogP contribution in [0.3, 0.4) is 0 Å². The number of nitrogens with zero attached hydrogens (tertiary/aromatic N) is 4. The molecule has 1 amide bonds. The van der Waals surface area contributed by atoms with E-state index < -0.39 is 0 Å². The zero-order chi connectivity index (χ0) is 20.3. The van der Waals surface area contributed by atoms with Crippen LogP contribution >= 0.6 is 0 Å². The average Bonchev–Trinajstić information content (AvgIpc) is 2.69. The zero-order valence-electron chi connectivity index (χ0n) is 17.1. The first-order chi connectivity index (χ1) is 13.4. The van der Waals surface area contributed by atoms with Crippen LogP contribution in [0.2, 0.25) is 0 Å². The van der Waals surface area contributed by atoms with Gasteiger partial charge in [-0.3, -0.25) is 9.69 Å². The summed E-state index contributed by atoms with van der Waals surface area (Å²) in [5, 5.41) is 9.30. The second-order valence-corrected chi connectivity index (χ2v) is 7.64. The lowest BCUT2D eigenvalue weighted by Gasteiger charge is -2.40. The predicted molar refractivity (Wildman–Crippen MR) is 112 cm³/mol. The number of hydrogen-bond donors (Lipinski definition) is 0. The number of anilines is 1. The van der Waals surface area contributed by atoms with Crippen LogP contribution in [0.25, 0.3) is 0 Å². The molecule has 0 N–H and O–H groups in total. The van der Waals surface area contributed by atoms with Crippen LogP contribution in [0, 0.1) is 25.2 Å². The summed E-state index contributed by atoms with van der Waals surface area (Å²) in [6.07, 6.45) is 0. The molecule has 0 bridgehead atoms. The van der Waals surface area contributed by atoms with E-state index in [0.717, 1.165) is 54.1 Å². The van der Waals surface area contributed by atoms with Crippen molar-refractivity contribution in [1.82, 2.24) is 9.80 Å². The Bertz CT molecular complexity index is 854. The molecule has 5 nitrogen and oxygen atoms in total. The van der Waals surface area contributed by atoms with Gasteiger partial charge >= 0.3 is 0 Å². The molecule has 0 aromatic heterocycles. The Morgan fingerprint density at radius 1 is 1.04 bits per heavy atom. The first kappa shape index (κ1) is 19.9. The van der Waals surface area contributed by atoms with Crippen molar-refractivity contribution in [2.45, 2.75) is 19.9 Å². The van der Waals surface area contributed by atoms with Crippen LogP contribution in [0.4, 0.5) is 5.69 Å². The largest absolute Gasteiger partial charge is 0.369 e. The fourth-order valence-electron chi connectivity index (χ4n) is 3.93. The number of amides is 1. The van der Waals surface area contributed by atoms with Gasteiger partial charge in [0, 0.05) is 46.0 Å². The van der Waals surface area contributed by atoms with Gasteiger partial charge in [-0.2, -0.15) is 5.26 Å². The molecule has 28 heavy (non-hydrogen) atoms. The van der Waals surface area contributed by atoms with E-state index in [2.05, 4.69) is 28.0 Å². The van der Waals surface area contributed by atoms with Gasteiger partial charge in [-0.1, -0.05) is 30.3 Å². The third-order valence-corrected chi connectivity index (χ3v) is 5.46. The highest BCUT2D eigenvalue weighted by Gasteiger charge is 2.31. The normalized spacial score (nSPS) is 15.8. The molecule has 1 fully saturated rings. The molecule has 1 saturated heterocycles. The van der Waals surface area contributed by atoms with E-state index in [4.69, 9.17) is 0 Å². The van der Waals surface area contributed by atoms with Crippen molar-refractivity contribution in [1.29, 1.82) is 5.26 Å². The maximum Gasteiger partial charge on any atom is 0.244 e. The molecule has 1 unspecified atom stereocenters. The zero-order valence-corrected chi connectivity index (χ0v) is 17.1. The number of carbonyl (C=O) groups is 1. The Balaban J connectivity index is 1.78. The molecule has 5 heteroatoms. The Morgan fingerprint density at radius 3 is 2.11 bits per heavy atom. The number of carbonyl (C=O) groups excluding carboxylic acids is 1. The van der Waals surface area contributed by atoms with Gasteiger partial charge in [0.2, 0.25) is 5.91 Å². The van der Waals surface area contributed by atoms with Crippen molar-refractivity contribution in [2.24, 2.45) is 0 Å². The van der Waals surface area contributed by atoms with Crippen molar-refractivity contribution in [3.8, 4) is 6.07 Å². The standard InChI is InChI=1S/C23H28N4O/c1-17-14-20(15-18(2)21(17)16-24)26-10-12-27(13-11-26)22(23(28)25(3)4)19-8-6-5-7-9-19/h5-9,14-15,22H,10-13H2,1-4H3. The Kier molecular flexibility index (Phi) is 6.01. The van der Waals surface area contributed by atoms with Crippen molar-refractivity contribution in [3.05, 3.63) is 64.7 Å². The molecular weight excluding hydrogens is 348 g/mol. The second kappa shape index (κ2) is 8.45. The lowest BCUT2D eigenvalue weighted by Crippen LogP contribution is -2.51. The van der Waals surface area contributed by atoms with Crippen molar-refractivity contribution >= 4 is 11.6 Å². The monoisotopic (exact) mass is 376 g/mol. The minimum atomic E-state index is -0.247. The van der Waals surface area contributed by atoms with Crippen LogP contribution in [0.5, 0.6) is 0 Å². The van der Waals surface area contributed by atoms with Crippen molar-refractivity contribution in [2.75, 3.05) is 45.2 Å². The summed E-state index contributed by atoms with van der Waals surface area (Å²) in [7, 11) is 3.63.